The molecule has 0 unspecified atom stereocenters. The van der Waals surface area contributed by atoms with Gasteiger partial charge in [0, 0.05) is 25.6 Å². The van der Waals surface area contributed by atoms with Crippen molar-refractivity contribution >= 4 is 15.9 Å². The molecule has 1 amide bonds. The number of hydrogen-bond acceptors (Lipinski definition) is 4. The second kappa shape index (κ2) is 8.44. The van der Waals surface area contributed by atoms with Crippen LogP contribution in [0, 0.1) is 11.8 Å². The van der Waals surface area contributed by atoms with Gasteiger partial charge in [-0.05, 0) is 31.6 Å². The minimum atomic E-state index is -3.13. The molecule has 23 heavy (non-hydrogen) atoms. The predicted molar refractivity (Wildman–Crippen MR) is 89.5 cm³/mol. The molecule has 2 rings (SSSR count). The topological polar surface area (TPSA) is 75.7 Å². The highest BCUT2D eigenvalue weighted by molar-refractivity contribution is 7.88. The molecular weight excluding hydrogens is 316 g/mol. The van der Waals surface area contributed by atoms with Crippen LogP contribution in [0.3, 0.4) is 0 Å². The van der Waals surface area contributed by atoms with Gasteiger partial charge < -0.3 is 10.1 Å². The number of sulfonamides is 1. The Morgan fingerprint density at radius 2 is 1.83 bits per heavy atom. The summed E-state index contributed by atoms with van der Waals surface area (Å²) in [6, 6.07) is 0. The first kappa shape index (κ1) is 18.7. The zero-order valence-corrected chi connectivity index (χ0v) is 15.1. The van der Waals surface area contributed by atoms with Gasteiger partial charge in [-0.3, -0.25) is 4.79 Å². The van der Waals surface area contributed by atoms with Gasteiger partial charge in [-0.2, -0.15) is 0 Å². The van der Waals surface area contributed by atoms with Crippen LogP contribution in [0.4, 0.5) is 0 Å². The third-order valence-corrected chi connectivity index (χ3v) is 6.36. The van der Waals surface area contributed by atoms with Crippen molar-refractivity contribution in [1.29, 1.82) is 0 Å². The molecule has 7 heteroatoms. The van der Waals surface area contributed by atoms with Crippen molar-refractivity contribution in [3.63, 3.8) is 0 Å². The Kier molecular flexibility index (Phi) is 6.85. The van der Waals surface area contributed by atoms with Crippen molar-refractivity contribution in [2.45, 2.75) is 51.6 Å². The van der Waals surface area contributed by atoms with E-state index >= 15 is 0 Å². The summed E-state index contributed by atoms with van der Waals surface area (Å²) < 4.78 is 30.3. The number of nitrogens with one attached hydrogen (secondary N) is 1. The molecule has 1 saturated carbocycles. The fourth-order valence-electron chi connectivity index (χ4n) is 3.51. The number of hydrogen-bond donors (Lipinski definition) is 1. The van der Waals surface area contributed by atoms with Crippen molar-refractivity contribution in [3.8, 4) is 0 Å². The highest BCUT2D eigenvalue weighted by Gasteiger charge is 2.28. The van der Waals surface area contributed by atoms with Crippen molar-refractivity contribution in [1.82, 2.24) is 9.62 Å². The SMILES string of the molecule is C[C@@H]1CCCC[C@@H]1OCCNC(=O)C1CCN(S(C)(=O)=O)CC1. The number of amides is 1. The average Bonchev–Trinajstić information content (AvgIpc) is 2.52. The lowest BCUT2D eigenvalue weighted by Crippen LogP contribution is -2.43. The Bertz CT molecular complexity index is 486. The fourth-order valence-corrected chi connectivity index (χ4v) is 4.38. The Labute approximate surface area is 140 Å². The van der Waals surface area contributed by atoms with E-state index in [1.54, 1.807) is 0 Å². The standard InChI is InChI=1S/C16H30N2O4S/c1-13-5-3-4-6-15(13)22-12-9-17-16(19)14-7-10-18(11-8-14)23(2,20)21/h13-15H,3-12H2,1-2H3,(H,17,19)/t13-,15+/m1/s1. The number of piperidine rings is 1. The molecule has 2 aliphatic rings. The number of nitrogens with zero attached hydrogens (tertiary/aromatic N) is 1. The molecule has 0 aromatic heterocycles. The Morgan fingerprint density at radius 3 is 2.43 bits per heavy atom. The molecule has 0 radical (unpaired) electrons. The largest absolute Gasteiger partial charge is 0.376 e. The van der Waals surface area contributed by atoms with E-state index in [0.29, 0.717) is 51.1 Å². The van der Waals surface area contributed by atoms with Crippen LogP contribution < -0.4 is 5.32 Å². The number of carbonyl (C=O) groups is 1. The predicted octanol–water partition coefficient (Wildman–Crippen LogP) is 1.37. The lowest BCUT2D eigenvalue weighted by molar-refractivity contribution is -0.126. The summed E-state index contributed by atoms with van der Waals surface area (Å²) in [5.41, 5.74) is 0. The zero-order valence-electron chi connectivity index (χ0n) is 14.3. The molecule has 0 aromatic carbocycles. The molecule has 1 aliphatic heterocycles. The van der Waals surface area contributed by atoms with Gasteiger partial charge in [0.15, 0.2) is 0 Å². The van der Waals surface area contributed by atoms with Crippen LogP contribution in [0.1, 0.15) is 45.4 Å². The summed E-state index contributed by atoms with van der Waals surface area (Å²) in [6.45, 7) is 4.20. The summed E-state index contributed by atoms with van der Waals surface area (Å²) in [4.78, 5) is 12.1. The molecule has 134 valence electrons. The van der Waals surface area contributed by atoms with Crippen molar-refractivity contribution < 1.29 is 17.9 Å². The number of ether oxygens (including phenoxy) is 1. The van der Waals surface area contributed by atoms with Crippen LogP contribution in [-0.4, -0.2) is 57.2 Å². The highest BCUT2D eigenvalue weighted by Crippen LogP contribution is 2.26. The van der Waals surface area contributed by atoms with Gasteiger partial charge in [-0.15, -0.1) is 0 Å². The van der Waals surface area contributed by atoms with Gasteiger partial charge in [0.2, 0.25) is 15.9 Å². The van der Waals surface area contributed by atoms with E-state index in [1.807, 2.05) is 0 Å². The van der Waals surface area contributed by atoms with Crippen LogP contribution in [0.5, 0.6) is 0 Å². The number of carbonyl (C=O) groups excluding carboxylic acids is 1. The molecule has 1 aliphatic carbocycles. The molecule has 2 atom stereocenters. The van der Waals surface area contributed by atoms with Crippen molar-refractivity contribution in [3.05, 3.63) is 0 Å². The minimum Gasteiger partial charge on any atom is -0.376 e. The molecule has 6 nitrogen and oxygen atoms in total. The summed E-state index contributed by atoms with van der Waals surface area (Å²) >= 11 is 0. The maximum atomic E-state index is 12.1. The molecule has 2 fully saturated rings. The molecule has 1 N–H and O–H groups in total. The van der Waals surface area contributed by atoms with Crippen LogP contribution >= 0.6 is 0 Å². The Hall–Kier alpha value is -0.660. The fraction of sp³-hybridized carbons (Fsp3) is 0.938. The van der Waals surface area contributed by atoms with E-state index in [0.717, 1.165) is 6.42 Å². The summed E-state index contributed by atoms with van der Waals surface area (Å²) in [6.07, 6.45) is 7.63. The molecule has 0 aromatic rings. The quantitative estimate of drug-likeness (QED) is 0.737. The minimum absolute atomic E-state index is 0.0263. The van der Waals surface area contributed by atoms with Crippen molar-refractivity contribution in [2.24, 2.45) is 11.8 Å². The smallest absolute Gasteiger partial charge is 0.223 e. The lowest BCUT2D eigenvalue weighted by atomic mass is 9.88. The van der Waals surface area contributed by atoms with E-state index in [9.17, 15) is 13.2 Å². The first-order chi connectivity index (χ1) is 10.9. The van der Waals surface area contributed by atoms with Gasteiger partial charge in [0.25, 0.3) is 0 Å². The molecular formula is C16H30N2O4S. The van der Waals surface area contributed by atoms with Crippen LogP contribution in [-0.2, 0) is 19.6 Å². The average molecular weight is 346 g/mol. The van der Waals surface area contributed by atoms with Crippen LogP contribution in [0.2, 0.25) is 0 Å². The van der Waals surface area contributed by atoms with Crippen molar-refractivity contribution in [2.75, 3.05) is 32.5 Å². The summed E-state index contributed by atoms with van der Waals surface area (Å²) in [7, 11) is -3.13. The van der Waals surface area contributed by atoms with E-state index in [-0.39, 0.29) is 11.8 Å². The van der Waals surface area contributed by atoms with E-state index in [2.05, 4.69) is 12.2 Å². The normalized spacial score (nSPS) is 27.7. The third kappa shape index (κ3) is 5.72. The Morgan fingerprint density at radius 1 is 1.17 bits per heavy atom. The van der Waals surface area contributed by atoms with E-state index in [1.165, 1.54) is 29.8 Å². The maximum absolute atomic E-state index is 12.1. The number of rotatable bonds is 6. The van der Waals surface area contributed by atoms with E-state index < -0.39 is 10.0 Å². The molecule has 0 bridgehead atoms. The lowest BCUT2D eigenvalue weighted by Gasteiger charge is -2.30. The van der Waals surface area contributed by atoms with Crippen LogP contribution in [0.15, 0.2) is 0 Å². The van der Waals surface area contributed by atoms with Gasteiger partial charge in [-0.25, -0.2) is 12.7 Å². The van der Waals surface area contributed by atoms with Gasteiger partial charge in [-0.1, -0.05) is 19.8 Å². The van der Waals surface area contributed by atoms with Crippen LogP contribution in [0.25, 0.3) is 0 Å². The Balaban J connectivity index is 1.62. The molecule has 1 heterocycles. The molecule has 0 spiro atoms. The van der Waals surface area contributed by atoms with Gasteiger partial charge in [0.1, 0.15) is 0 Å². The second-order valence-corrected chi connectivity index (χ2v) is 8.88. The van der Waals surface area contributed by atoms with E-state index in [4.69, 9.17) is 4.74 Å². The summed E-state index contributed by atoms with van der Waals surface area (Å²) in [5, 5.41) is 2.93. The zero-order chi connectivity index (χ0) is 16.9. The second-order valence-electron chi connectivity index (χ2n) is 6.90. The third-order valence-electron chi connectivity index (χ3n) is 5.06. The highest BCUT2D eigenvalue weighted by atomic mass is 32.2. The first-order valence-electron chi connectivity index (χ1n) is 8.72. The van der Waals surface area contributed by atoms with Gasteiger partial charge in [0.05, 0.1) is 19.0 Å². The molecule has 1 saturated heterocycles. The maximum Gasteiger partial charge on any atom is 0.223 e. The summed E-state index contributed by atoms with van der Waals surface area (Å²) in [5.74, 6) is 0.555. The monoisotopic (exact) mass is 346 g/mol. The first-order valence-corrected chi connectivity index (χ1v) is 10.6. The van der Waals surface area contributed by atoms with Gasteiger partial charge >= 0.3 is 0 Å².